The van der Waals surface area contributed by atoms with Crippen molar-refractivity contribution in [1.29, 1.82) is 0 Å². The molecular weight excluding hydrogens is 202 g/mol. The van der Waals surface area contributed by atoms with Gasteiger partial charge < -0.3 is 10.6 Å². The summed E-state index contributed by atoms with van der Waals surface area (Å²) in [5, 5.41) is 4.19. The molecule has 0 aromatic carbocycles. The Morgan fingerprint density at radius 3 is 2.69 bits per heavy atom. The standard InChI is InChI=1S/C11H21N5/c1-4-15(5-2)11(12)13-6-7-16-9-10(3)8-14-16/h8-9H,4-7H2,1-3H3,(H2,12,13). The minimum Gasteiger partial charge on any atom is -0.370 e. The van der Waals surface area contributed by atoms with E-state index in [0.29, 0.717) is 12.5 Å². The van der Waals surface area contributed by atoms with Gasteiger partial charge in [0.2, 0.25) is 0 Å². The first kappa shape index (κ1) is 12.5. The summed E-state index contributed by atoms with van der Waals surface area (Å²) >= 11 is 0. The van der Waals surface area contributed by atoms with E-state index in [0.717, 1.165) is 19.6 Å². The average Bonchev–Trinajstić information content (AvgIpc) is 2.66. The first-order valence-electron chi connectivity index (χ1n) is 5.71. The van der Waals surface area contributed by atoms with E-state index in [1.807, 2.05) is 28.9 Å². The Hall–Kier alpha value is -1.52. The molecule has 1 heterocycles. The third-order valence-electron chi connectivity index (χ3n) is 2.45. The Morgan fingerprint density at radius 2 is 2.19 bits per heavy atom. The summed E-state index contributed by atoms with van der Waals surface area (Å²) in [6.45, 7) is 9.40. The first-order valence-corrected chi connectivity index (χ1v) is 5.71. The van der Waals surface area contributed by atoms with Crippen molar-refractivity contribution in [3.63, 3.8) is 0 Å². The molecule has 90 valence electrons. The molecular formula is C11H21N5. The first-order chi connectivity index (χ1) is 7.67. The van der Waals surface area contributed by atoms with Crippen LogP contribution < -0.4 is 5.73 Å². The van der Waals surface area contributed by atoms with Gasteiger partial charge in [0.05, 0.1) is 19.3 Å². The molecule has 0 saturated heterocycles. The molecule has 0 bridgehead atoms. The minimum atomic E-state index is 0.619. The monoisotopic (exact) mass is 223 g/mol. The van der Waals surface area contributed by atoms with E-state index in [9.17, 15) is 0 Å². The van der Waals surface area contributed by atoms with Crippen molar-refractivity contribution in [2.45, 2.75) is 27.3 Å². The van der Waals surface area contributed by atoms with Crippen molar-refractivity contribution >= 4 is 5.96 Å². The minimum absolute atomic E-state index is 0.619. The Morgan fingerprint density at radius 1 is 1.50 bits per heavy atom. The van der Waals surface area contributed by atoms with Crippen LogP contribution in [-0.4, -0.2) is 40.3 Å². The maximum atomic E-state index is 5.85. The van der Waals surface area contributed by atoms with Crippen molar-refractivity contribution in [1.82, 2.24) is 14.7 Å². The van der Waals surface area contributed by atoms with Crippen LogP contribution in [0.1, 0.15) is 19.4 Å². The van der Waals surface area contributed by atoms with Gasteiger partial charge in [0.15, 0.2) is 5.96 Å². The lowest BCUT2D eigenvalue weighted by Gasteiger charge is -2.19. The molecule has 2 N–H and O–H groups in total. The van der Waals surface area contributed by atoms with Gasteiger partial charge in [-0.1, -0.05) is 0 Å². The molecule has 0 aliphatic heterocycles. The van der Waals surface area contributed by atoms with E-state index >= 15 is 0 Å². The highest BCUT2D eigenvalue weighted by Gasteiger charge is 2.01. The maximum Gasteiger partial charge on any atom is 0.191 e. The van der Waals surface area contributed by atoms with Crippen molar-refractivity contribution in [2.24, 2.45) is 10.7 Å². The van der Waals surface area contributed by atoms with E-state index in [1.165, 1.54) is 5.56 Å². The van der Waals surface area contributed by atoms with Crippen molar-refractivity contribution in [2.75, 3.05) is 19.6 Å². The number of rotatable bonds is 5. The zero-order valence-electron chi connectivity index (χ0n) is 10.3. The van der Waals surface area contributed by atoms with E-state index in [1.54, 1.807) is 0 Å². The zero-order chi connectivity index (χ0) is 12.0. The van der Waals surface area contributed by atoms with Crippen LogP contribution >= 0.6 is 0 Å². The fourth-order valence-electron chi connectivity index (χ4n) is 1.50. The number of aromatic nitrogens is 2. The van der Waals surface area contributed by atoms with Crippen molar-refractivity contribution in [3.8, 4) is 0 Å². The van der Waals surface area contributed by atoms with Crippen LogP contribution in [0.2, 0.25) is 0 Å². The number of guanidine groups is 1. The Bertz CT molecular complexity index is 338. The lowest BCUT2D eigenvalue weighted by Crippen LogP contribution is -2.37. The van der Waals surface area contributed by atoms with E-state index in [-0.39, 0.29) is 0 Å². The predicted molar refractivity (Wildman–Crippen MR) is 66.4 cm³/mol. The zero-order valence-corrected chi connectivity index (χ0v) is 10.3. The predicted octanol–water partition coefficient (Wildman–Crippen LogP) is 0.848. The number of hydrogen-bond acceptors (Lipinski definition) is 2. The number of hydrogen-bond donors (Lipinski definition) is 1. The topological polar surface area (TPSA) is 59.4 Å². The van der Waals surface area contributed by atoms with Gasteiger partial charge in [-0.15, -0.1) is 0 Å². The van der Waals surface area contributed by atoms with Crippen molar-refractivity contribution in [3.05, 3.63) is 18.0 Å². The second-order valence-electron chi connectivity index (χ2n) is 3.69. The molecule has 0 radical (unpaired) electrons. The van der Waals surface area contributed by atoms with Crippen LogP contribution in [-0.2, 0) is 6.54 Å². The second kappa shape index (κ2) is 6.15. The SMILES string of the molecule is CCN(CC)C(N)=NCCn1cc(C)cn1. The molecule has 0 spiro atoms. The number of aryl methyl sites for hydroxylation is 1. The smallest absolute Gasteiger partial charge is 0.191 e. The Balaban J connectivity index is 2.41. The summed E-state index contributed by atoms with van der Waals surface area (Å²) in [7, 11) is 0. The van der Waals surface area contributed by atoms with E-state index in [2.05, 4.69) is 23.9 Å². The third-order valence-corrected chi connectivity index (χ3v) is 2.45. The summed E-state index contributed by atoms with van der Waals surface area (Å²) in [6.07, 6.45) is 3.85. The second-order valence-corrected chi connectivity index (χ2v) is 3.69. The molecule has 0 unspecified atom stereocenters. The van der Waals surface area contributed by atoms with Crippen LogP contribution in [0, 0.1) is 6.92 Å². The van der Waals surface area contributed by atoms with E-state index in [4.69, 9.17) is 5.73 Å². The summed E-state index contributed by atoms with van der Waals surface area (Å²) < 4.78 is 1.88. The van der Waals surface area contributed by atoms with Crippen LogP contribution in [0.3, 0.4) is 0 Å². The molecule has 0 aliphatic carbocycles. The molecule has 0 amide bonds. The Kier molecular flexibility index (Phi) is 4.82. The molecule has 0 aliphatic rings. The summed E-state index contributed by atoms with van der Waals surface area (Å²) in [6, 6.07) is 0. The molecule has 1 aromatic rings. The average molecular weight is 223 g/mol. The molecule has 5 heteroatoms. The van der Waals surface area contributed by atoms with Gasteiger partial charge in [-0.25, -0.2) is 0 Å². The van der Waals surface area contributed by atoms with Gasteiger partial charge in [0, 0.05) is 19.3 Å². The normalized spacial score (nSPS) is 11.8. The number of nitrogens with two attached hydrogens (primary N) is 1. The third kappa shape index (κ3) is 3.56. The number of aliphatic imine (C=N–C) groups is 1. The lowest BCUT2D eigenvalue weighted by molar-refractivity contribution is 0.457. The van der Waals surface area contributed by atoms with Gasteiger partial charge in [0.25, 0.3) is 0 Å². The van der Waals surface area contributed by atoms with Crippen LogP contribution in [0.4, 0.5) is 0 Å². The number of nitrogens with zero attached hydrogens (tertiary/aromatic N) is 4. The molecule has 0 atom stereocenters. The highest BCUT2D eigenvalue weighted by Crippen LogP contribution is 1.94. The van der Waals surface area contributed by atoms with Gasteiger partial charge in [-0.3, -0.25) is 9.67 Å². The maximum absolute atomic E-state index is 5.85. The van der Waals surface area contributed by atoms with Crippen LogP contribution in [0.15, 0.2) is 17.4 Å². The molecule has 16 heavy (non-hydrogen) atoms. The quantitative estimate of drug-likeness (QED) is 0.594. The summed E-state index contributed by atoms with van der Waals surface area (Å²) in [5.41, 5.74) is 7.02. The summed E-state index contributed by atoms with van der Waals surface area (Å²) in [4.78, 5) is 6.37. The van der Waals surface area contributed by atoms with Crippen molar-refractivity contribution < 1.29 is 0 Å². The fraction of sp³-hybridized carbons (Fsp3) is 0.636. The van der Waals surface area contributed by atoms with Crippen LogP contribution in [0.25, 0.3) is 0 Å². The highest BCUT2D eigenvalue weighted by molar-refractivity contribution is 5.77. The van der Waals surface area contributed by atoms with Gasteiger partial charge in [-0.2, -0.15) is 5.10 Å². The molecule has 0 saturated carbocycles. The van der Waals surface area contributed by atoms with E-state index < -0.39 is 0 Å². The Labute approximate surface area is 97.0 Å². The molecule has 0 fully saturated rings. The highest BCUT2D eigenvalue weighted by atomic mass is 15.3. The molecule has 5 nitrogen and oxygen atoms in total. The molecule has 1 rings (SSSR count). The lowest BCUT2D eigenvalue weighted by atomic mass is 10.4. The largest absolute Gasteiger partial charge is 0.370 e. The summed E-state index contributed by atoms with van der Waals surface area (Å²) in [5.74, 6) is 0.619. The van der Waals surface area contributed by atoms with Gasteiger partial charge in [-0.05, 0) is 26.3 Å². The van der Waals surface area contributed by atoms with Gasteiger partial charge in [0.1, 0.15) is 0 Å². The van der Waals surface area contributed by atoms with Gasteiger partial charge >= 0.3 is 0 Å². The molecule has 1 aromatic heterocycles. The fourth-order valence-corrected chi connectivity index (χ4v) is 1.50. The van der Waals surface area contributed by atoms with Crippen LogP contribution in [0.5, 0.6) is 0 Å².